The summed E-state index contributed by atoms with van der Waals surface area (Å²) in [5, 5.41) is 29.9. The molecule has 196 valence electrons. The molecular formula is C24H29ClN2O9. The van der Waals surface area contributed by atoms with Crippen molar-refractivity contribution in [3.8, 4) is 23.8 Å². The molecule has 2 heterocycles. The molecule has 1 aliphatic heterocycles. The van der Waals surface area contributed by atoms with Crippen molar-refractivity contribution in [3.05, 3.63) is 40.9 Å². The van der Waals surface area contributed by atoms with Crippen molar-refractivity contribution in [1.82, 2.24) is 9.55 Å². The number of hydrogen-bond acceptors (Lipinski definition) is 10. The van der Waals surface area contributed by atoms with E-state index >= 15 is 0 Å². The third kappa shape index (κ3) is 6.47. The van der Waals surface area contributed by atoms with Crippen molar-refractivity contribution in [2.24, 2.45) is 0 Å². The first-order valence-corrected chi connectivity index (χ1v) is 11.5. The molecule has 0 radical (unpaired) electrons. The Balaban J connectivity index is 1.70. The highest BCUT2D eigenvalue weighted by molar-refractivity contribution is 6.32. The number of terminal acetylenes is 1. The van der Waals surface area contributed by atoms with Gasteiger partial charge in [-0.15, -0.1) is 12.3 Å². The second-order valence-electron chi connectivity index (χ2n) is 8.00. The number of hydrogen-bond donors (Lipinski definition) is 3. The van der Waals surface area contributed by atoms with E-state index in [1.165, 1.54) is 26.4 Å². The molecule has 12 heteroatoms. The number of ether oxygens (including phenoxy) is 5. The number of aliphatic hydroxyl groups is 3. The van der Waals surface area contributed by atoms with E-state index in [2.05, 4.69) is 10.9 Å². The minimum Gasteiger partial charge on any atom is -0.493 e. The Labute approximate surface area is 213 Å². The molecule has 5 atom stereocenters. The largest absolute Gasteiger partial charge is 0.493 e. The Morgan fingerprint density at radius 1 is 1.31 bits per heavy atom. The van der Waals surface area contributed by atoms with Gasteiger partial charge in [0.2, 0.25) is 0 Å². The van der Waals surface area contributed by atoms with Crippen molar-refractivity contribution in [2.45, 2.75) is 56.7 Å². The SMILES string of the molecule is C#CCCCn1cnc(COc2c(Cl)cc(C(=O)O[C@H]3[C@@H](OC)O[C@H](CO)[C@@H](O)[C@@H]3O)cc2OC)c1. The third-order valence-corrected chi connectivity index (χ3v) is 5.83. The molecule has 0 bridgehead atoms. The Bertz CT molecular complexity index is 1070. The van der Waals surface area contributed by atoms with Crippen LogP contribution in [0.15, 0.2) is 24.7 Å². The highest BCUT2D eigenvalue weighted by Crippen LogP contribution is 2.37. The van der Waals surface area contributed by atoms with Gasteiger partial charge in [-0.05, 0) is 18.6 Å². The normalized spacial score (nSPS) is 23.6. The van der Waals surface area contributed by atoms with E-state index in [1.807, 2.05) is 10.8 Å². The van der Waals surface area contributed by atoms with E-state index < -0.39 is 43.3 Å². The zero-order valence-corrected chi connectivity index (χ0v) is 20.6. The summed E-state index contributed by atoms with van der Waals surface area (Å²) in [6.07, 6.45) is 3.58. The first-order chi connectivity index (χ1) is 17.3. The van der Waals surface area contributed by atoms with Gasteiger partial charge in [0.25, 0.3) is 0 Å². The maximum Gasteiger partial charge on any atom is 0.338 e. The van der Waals surface area contributed by atoms with Crippen LogP contribution in [0.25, 0.3) is 0 Å². The van der Waals surface area contributed by atoms with E-state index in [4.69, 9.17) is 41.7 Å². The number of esters is 1. The number of halogens is 1. The van der Waals surface area contributed by atoms with Crippen LogP contribution in [-0.2, 0) is 27.4 Å². The summed E-state index contributed by atoms with van der Waals surface area (Å²) in [6, 6.07) is 2.69. The number of aliphatic hydroxyl groups excluding tert-OH is 3. The molecule has 0 amide bonds. The van der Waals surface area contributed by atoms with Crippen LogP contribution < -0.4 is 9.47 Å². The molecule has 1 fully saturated rings. The number of nitrogens with zero attached hydrogens (tertiary/aromatic N) is 2. The van der Waals surface area contributed by atoms with Crippen LogP contribution >= 0.6 is 11.6 Å². The van der Waals surface area contributed by atoms with Gasteiger partial charge in [-0.3, -0.25) is 0 Å². The summed E-state index contributed by atoms with van der Waals surface area (Å²) < 4.78 is 28.9. The van der Waals surface area contributed by atoms with Crippen LogP contribution in [-0.4, -0.2) is 82.4 Å². The van der Waals surface area contributed by atoms with Crippen LogP contribution in [0, 0.1) is 12.3 Å². The van der Waals surface area contributed by atoms with E-state index in [9.17, 15) is 20.1 Å². The van der Waals surface area contributed by atoms with Gasteiger partial charge in [0.15, 0.2) is 23.9 Å². The highest BCUT2D eigenvalue weighted by atomic mass is 35.5. The number of methoxy groups -OCH3 is 2. The second-order valence-corrected chi connectivity index (χ2v) is 8.41. The summed E-state index contributed by atoms with van der Waals surface area (Å²) in [6.45, 7) is 0.284. The fourth-order valence-corrected chi connectivity index (χ4v) is 3.92. The number of rotatable bonds is 11. The number of carbonyl (C=O) groups excluding carboxylic acids is 1. The van der Waals surface area contributed by atoms with Crippen LogP contribution in [0.5, 0.6) is 11.5 Å². The fourth-order valence-electron chi connectivity index (χ4n) is 3.65. The molecule has 0 spiro atoms. The summed E-state index contributed by atoms with van der Waals surface area (Å²) >= 11 is 6.38. The van der Waals surface area contributed by atoms with E-state index in [0.717, 1.165) is 13.0 Å². The molecule has 1 aliphatic rings. The molecule has 0 aliphatic carbocycles. The molecule has 1 saturated heterocycles. The number of imidazole rings is 1. The number of unbranched alkanes of at least 4 members (excludes halogenated alkanes) is 1. The lowest BCUT2D eigenvalue weighted by molar-refractivity contribution is -0.293. The molecule has 11 nitrogen and oxygen atoms in total. The van der Waals surface area contributed by atoms with Crippen molar-refractivity contribution in [3.63, 3.8) is 0 Å². The van der Waals surface area contributed by atoms with Gasteiger partial charge in [0.1, 0.15) is 24.9 Å². The van der Waals surface area contributed by atoms with Gasteiger partial charge in [0.05, 0.1) is 36.3 Å². The summed E-state index contributed by atoms with van der Waals surface area (Å²) in [4.78, 5) is 17.1. The molecule has 36 heavy (non-hydrogen) atoms. The van der Waals surface area contributed by atoms with Crippen LogP contribution in [0.1, 0.15) is 28.9 Å². The summed E-state index contributed by atoms with van der Waals surface area (Å²) in [5.74, 6) is 2.09. The second kappa shape index (κ2) is 12.9. The zero-order chi connectivity index (χ0) is 26.2. The lowest BCUT2D eigenvalue weighted by Crippen LogP contribution is -2.60. The average Bonchev–Trinajstić information content (AvgIpc) is 3.33. The number of aryl methyl sites for hydroxylation is 1. The average molecular weight is 525 g/mol. The Kier molecular flexibility index (Phi) is 9.95. The minimum absolute atomic E-state index is 0.00261. The van der Waals surface area contributed by atoms with Crippen molar-refractivity contribution >= 4 is 17.6 Å². The smallest absolute Gasteiger partial charge is 0.338 e. The van der Waals surface area contributed by atoms with E-state index in [1.54, 1.807) is 6.33 Å². The van der Waals surface area contributed by atoms with Gasteiger partial charge in [-0.1, -0.05) is 11.6 Å². The number of carbonyl (C=O) groups is 1. The Hall–Kier alpha value is -2.85. The highest BCUT2D eigenvalue weighted by Gasteiger charge is 2.47. The zero-order valence-electron chi connectivity index (χ0n) is 19.9. The molecule has 0 saturated carbocycles. The molecule has 3 rings (SSSR count). The minimum atomic E-state index is -1.56. The van der Waals surface area contributed by atoms with Gasteiger partial charge >= 0.3 is 5.97 Å². The maximum absolute atomic E-state index is 12.8. The monoisotopic (exact) mass is 524 g/mol. The molecule has 3 N–H and O–H groups in total. The molecule has 0 unspecified atom stereocenters. The standard InChI is InChI=1S/C24H29ClN2O9/c1-4-5-6-7-27-10-15(26-13-27)12-34-21-16(25)8-14(9-17(21)32-2)23(31)36-22-20(30)19(29)18(11-28)35-24(22)33-3/h1,8-10,13,18-20,22,24,28-30H,5-7,11-12H2,2-3H3/t18-,19-,20+,22-,24+/m1/s1. The maximum atomic E-state index is 12.8. The van der Waals surface area contributed by atoms with Gasteiger partial charge in [-0.25, -0.2) is 9.78 Å². The Morgan fingerprint density at radius 2 is 2.08 bits per heavy atom. The summed E-state index contributed by atoms with van der Waals surface area (Å²) in [7, 11) is 2.66. The molecule has 2 aromatic rings. The van der Waals surface area contributed by atoms with Crippen molar-refractivity contribution < 1.29 is 43.8 Å². The van der Waals surface area contributed by atoms with Crippen molar-refractivity contribution in [1.29, 1.82) is 0 Å². The van der Waals surface area contributed by atoms with Crippen LogP contribution in [0.4, 0.5) is 0 Å². The number of aromatic nitrogens is 2. The molecule has 1 aromatic carbocycles. The third-order valence-electron chi connectivity index (χ3n) is 5.55. The van der Waals surface area contributed by atoms with Crippen LogP contribution in [0.2, 0.25) is 5.02 Å². The van der Waals surface area contributed by atoms with Crippen LogP contribution in [0.3, 0.4) is 0 Å². The fraction of sp³-hybridized carbons (Fsp3) is 0.500. The first-order valence-electron chi connectivity index (χ1n) is 11.1. The van der Waals surface area contributed by atoms with Crippen molar-refractivity contribution in [2.75, 3.05) is 20.8 Å². The topological polar surface area (TPSA) is 142 Å². The molecular weight excluding hydrogens is 496 g/mol. The first kappa shape index (κ1) is 27.7. The summed E-state index contributed by atoms with van der Waals surface area (Å²) in [5.41, 5.74) is 0.664. The predicted octanol–water partition coefficient (Wildman–Crippen LogP) is 1.15. The lowest BCUT2D eigenvalue weighted by Gasteiger charge is -2.40. The van der Waals surface area contributed by atoms with E-state index in [-0.39, 0.29) is 28.7 Å². The van der Waals surface area contributed by atoms with Gasteiger partial charge in [-0.2, -0.15) is 0 Å². The van der Waals surface area contributed by atoms with Gasteiger partial charge in [0, 0.05) is 26.3 Å². The quantitative estimate of drug-likeness (QED) is 0.222. The number of benzene rings is 1. The lowest BCUT2D eigenvalue weighted by atomic mass is 9.99. The van der Waals surface area contributed by atoms with Gasteiger partial charge < -0.3 is 43.6 Å². The molecule has 1 aromatic heterocycles. The van der Waals surface area contributed by atoms with E-state index in [0.29, 0.717) is 12.1 Å². The predicted molar refractivity (Wildman–Crippen MR) is 127 cm³/mol. The Morgan fingerprint density at radius 3 is 2.75 bits per heavy atom.